The van der Waals surface area contributed by atoms with Crippen molar-refractivity contribution in [2.24, 2.45) is 0 Å². The fourth-order valence-corrected chi connectivity index (χ4v) is 11.5. The normalized spacial score (nSPS) is 14.9. The predicted molar refractivity (Wildman–Crippen MR) is 304 cm³/mol. The molecule has 0 saturated heterocycles. The number of para-hydroxylation sites is 6. The van der Waals surface area contributed by atoms with E-state index in [1.807, 2.05) is 114 Å². The Bertz CT molecular complexity index is 4730. The monoisotopic (exact) mass is 977 g/mol. The third-order valence-electron chi connectivity index (χ3n) is 14.6. The first kappa shape index (κ1) is 33.8. The maximum absolute atomic E-state index is 9.25. The Hall–Kier alpha value is -9.73. The molecule has 0 atom stereocenters. The van der Waals surface area contributed by atoms with Crippen LogP contribution in [0.25, 0.3) is 55.7 Å². The molecule has 5 heterocycles. The Morgan fingerprint density at radius 3 is 1.93 bits per heavy atom. The number of aryl methyl sites for hydroxylation is 2. The first-order chi connectivity index (χ1) is 41.2. The number of rotatable bonds is 8. The summed E-state index contributed by atoms with van der Waals surface area (Å²) in [5.74, 6) is 4.18. The molecule has 15 rings (SSSR count). The van der Waals surface area contributed by atoms with Gasteiger partial charge in [-0.25, -0.2) is 4.98 Å². The van der Waals surface area contributed by atoms with Crippen molar-refractivity contribution >= 4 is 67.7 Å². The summed E-state index contributed by atoms with van der Waals surface area (Å²) in [4.78, 5) is 8.96. The number of imidazole rings is 1. The molecule has 8 nitrogen and oxygen atoms in total. The zero-order valence-electron chi connectivity index (χ0n) is 50.4. The Morgan fingerprint density at radius 1 is 0.547 bits per heavy atom. The van der Waals surface area contributed by atoms with E-state index in [2.05, 4.69) is 70.3 Å². The van der Waals surface area contributed by atoms with Crippen molar-refractivity contribution in [3.63, 3.8) is 0 Å². The highest BCUT2D eigenvalue weighted by molar-refractivity contribution is 6.98. The van der Waals surface area contributed by atoms with Gasteiger partial charge in [0.2, 0.25) is 5.95 Å². The molecule has 2 aromatic heterocycles. The number of anilines is 4. The maximum Gasteiger partial charge on any atom is 0.265 e. The number of fused-ring (bicyclic) bond motifs is 8. The molecular formula is C66H46BN5O3. The number of benzene rings is 10. The summed E-state index contributed by atoms with van der Waals surface area (Å²) in [6, 6.07) is 45.6. The van der Waals surface area contributed by atoms with Gasteiger partial charge in [-0.2, -0.15) is 0 Å². The van der Waals surface area contributed by atoms with Gasteiger partial charge in [-0.1, -0.05) is 151 Å². The molecule has 0 N–H and O–H groups in total. The van der Waals surface area contributed by atoms with Gasteiger partial charge in [0.25, 0.3) is 6.71 Å². The first-order valence-electron chi connectivity index (χ1n) is 29.7. The topological polar surface area (TPSA) is 56.9 Å². The molecule has 0 fully saturated rings. The molecule has 356 valence electrons. The quantitative estimate of drug-likeness (QED) is 0.141. The highest BCUT2D eigenvalue weighted by atomic mass is 16.5. The van der Waals surface area contributed by atoms with Crippen molar-refractivity contribution in [3.8, 4) is 68.4 Å². The van der Waals surface area contributed by atoms with Crippen molar-refractivity contribution < 1.29 is 27.9 Å². The lowest BCUT2D eigenvalue weighted by Gasteiger charge is -2.34. The zero-order chi connectivity index (χ0) is 58.4. The van der Waals surface area contributed by atoms with Crippen molar-refractivity contribution in [1.29, 1.82) is 0 Å². The van der Waals surface area contributed by atoms with Crippen LogP contribution in [0, 0.1) is 13.8 Å². The van der Waals surface area contributed by atoms with Crippen LogP contribution in [-0.4, -0.2) is 27.5 Å². The minimum Gasteiger partial charge on any atom is -0.458 e. The molecule has 0 bridgehead atoms. The summed E-state index contributed by atoms with van der Waals surface area (Å²) in [6.45, 7) is 3.81. The van der Waals surface area contributed by atoms with Crippen LogP contribution >= 0.6 is 0 Å². The molecule has 3 aliphatic heterocycles. The van der Waals surface area contributed by atoms with Crippen molar-refractivity contribution in [3.05, 3.63) is 242 Å². The van der Waals surface area contributed by atoms with E-state index in [1.54, 1.807) is 18.2 Å². The maximum atomic E-state index is 9.25. The van der Waals surface area contributed by atoms with Crippen molar-refractivity contribution in [1.82, 2.24) is 14.1 Å². The number of nitrogens with zero attached hydrogens (tertiary/aromatic N) is 5. The summed E-state index contributed by atoms with van der Waals surface area (Å²) in [5, 5.41) is 2.03. The van der Waals surface area contributed by atoms with E-state index in [-0.39, 0.29) is 34.6 Å². The molecule has 0 spiro atoms. The summed E-state index contributed by atoms with van der Waals surface area (Å²) >= 11 is 0. The zero-order valence-corrected chi connectivity index (χ0v) is 40.4. The molecule has 0 radical (unpaired) electrons. The molecule has 75 heavy (non-hydrogen) atoms. The number of ether oxygens (including phenoxy) is 3. The van der Waals surface area contributed by atoms with Gasteiger partial charge in [0.1, 0.15) is 41.2 Å². The number of hydrogen-bond donors (Lipinski definition) is 0. The molecule has 3 aliphatic rings. The number of hydrogen-bond acceptors (Lipinski definition) is 6. The van der Waals surface area contributed by atoms with Crippen LogP contribution in [0.4, 0.5) is 22.7 Å². The molecule has 0 unspecified atom stereocenters. The molecule has 0 aliphatic carbocycles. The summed E-state index contributed by atoms with van der Waals surface area (Å²) < 4.78 is 114. The molecule has 0 amide bonds. The fraction of sp³-hybridized carbons (Fsp3) is 0.0455. The van der Waals surface area contributed by atoms with E-state index < -0.39 is 67.1 Å². The first-order valence-corrected chi connectivity index (χ1v) is 24.7. The SMILES string of the molecule is [2H]c1c([2H])c([2H])c(-c2cccc(-c3c([2H])c([2H])c([2H])c([2H])c3[2H])c2N2CN(c3cc(Oc4ccc5c6ccccc6n(-c6nccn6-c6c(C)cccc6C)c5c4)c4c(c3)Oc3cccc5c3B4c3ccccc3O5)c3ccccc32)c([2H])c1[2H]. The van der Waals surface area contributed by atoms with E-state index in [9.17, 15) is 5.48 Å². The average Bonchev–Trinajstić information content (AvgIpc) is 2.07. The van der Waals surface area contributed by atoms with Crippen LogP contribution in [0.2, 0.25) is 0 Å². The Balaban J connectivity index is 0.948. The van der Waals surface area contributed by atoms with Gasteiger partial charge in [-0.3, -0.25) is 9.13 Å². The minimum absolute atomic E-state index is 0.0127. The van der Waals surface area contributed by atoms with Gasteiger partial charge < -0.3 is 24.0 Å². The smallest absolute Gasteiger partial charge is 0.265 e. The average molecular weight is 978 g/mol. The van der Waals surface area contributed by atoms with Crippen LogP contribution in [-0.2, 0) is 0 Å². The highest BCUT2D eigenvalue weighted by Gasteiger charge is 2.43. The fourth-order valence-electron chi connectivity index (χ4n) is 11.5. The van der Waals surface area contributed by atoms with Crippen LogP contribution in [0.15, 0.2) is 231 Å². The van der Waals surface area contributed by atoms with Gasteiger partial charge in [0.15, 0.2) is 0 Å². The molecule has 10 aromatic carbocycles. The van der Waals surface area contributed by atoms with E-state index in [0.717, 1.165) is 55.0 Å². The van der Waals surface area contributed by atoms with Gasteiger partial charge >= 0.3 is 0 Å². The van der Waals surface area contributed by atoms with Gasteiger partial charge in [0, 0.05) is 63.4 Å². The lowest BCUT2D eigenvalue weighted by Crippen LogP contribution is -2.57. The molecular weight excluding hydrogens is 922 g/mol. The van der Waals surface area contributed by atoms with E-state index in [1.165, 1.54) is 0 Å². The summed E-state index contributed by atoms with van der Waals surface area (Å²) in [5.41, 5.74) is 9.90. The molecule has 12 aromatic rings. The lowest BCUT2D eigenvalue weighted by atomic mass is 9.34. The lowest BCUT2D eigenvalue weighted by molar-refractivity contribution is 0.456. The standard InChI is InChI=1S/C66H46BN5O3/c1-42-18-15-19-43(2)64(42)69-37-36-68-66(69)72-53-28-11-9-24-50(53)51-35-34-47(40-56(51)72)73-60-38-46(39-61-63(60)67-52-27-10-14-31-57(52)74-58-32-17-33-59(75-61)62(58)67)70-41-71(55-30-13-12-29-54(55)70)65-48(44-20-5-3-6-21-44)25-16-26-49(65)45-22-7-4-8-23-45/h3-40H,41H2,1-2H3/i3D,4D,5D,6D,7D,8D,20D,21D,22D,23D. The van der Waals surface area contributed by atoms with Gasteiger partial charge in [0.05, 0.1) is 53.2 Å². The second-order valence-electron chi connectivity index (χ2n) is 18.9. The second-order valence-corrected chi connectivity index (χ2v) is 18.9. The van der Waals surface area contributed by atoms with Crippen LogP contribution in [0.3, 0.4) is 0 Å². The van der Waals surface area contributed by atoms with Crippen molar-refractivity contribution in [2.45, 2.75) is 13.8 Å². The Kier molecular flexibility index (Phi) is 7.64. The van der Waals surface area contributed by atoms with Crippen LogP contribution in [0.5, 0.6) is 34.5 Å². The van der Waals surface area contributed by atoms with E-state index in [0.29, 0.717) is 57.5 Å². The Labute approximate surface area is 448 Å². The second kappa shape index (κ2) is 16.9. The number of aromatic nitrogens is 3. The van der Waals surface area contributed by atoms with Crippen molar-refractivity contribution in [2.75, 3.05) is 16.5 Å². The summed E-state index contributed by atoms with van der Waals surface area (Å²) in [6.07, 6.45) is 3.81. The van der Waals surface area contributed by atoms with E-state index in [4.69, 9.17) is 27.4 Å². The third-order valence-corrected chi connectivity index (χ3v) is 14.6. The van der Waals surface area contributed by atoms with Gasteiger partial charge in [-0.15, -0.1) is 0 Å². The van der Waals surface area contributed by atoms with Gasteiger partial charge in [-0.05, 0) is 90.1 Å². The largest absolute Gasteiger partial charge is 0.458 e. The highest BCUT2D eigenvalue weighted by Crippen LogP contribution is 2.51. The predicted octanol–water partition coefficient (Wildman–Crippen LogP) is 14.7. The minimum atomic E-state index is -0.571. The van der Waals surface area contributed by atoms with E-state index >= 15 is 0 Å². The van der Waals surface area contributed by atoms with Crippen LogP contribution < -0.4 is 40.4 Å². The molecule has 0 saturated carbocycles. The summed E-state index contributed by atoms with van der Waals surface area (Å²) in [7, 11) is 0. The third kappa shape index (κ3) is 6.74. The van der Waals surface area contributed by atoms with Crippen LogP contribution in [0.1, 0.15) is 24.8 Å². The Morgan fingerprint density at radius 2 is 1.17 bits per heavy atom. The molecule has 9 heteroatoms.